The standard InChI is InChI=1S/C84H98N6O15.C32H44N4O7/c1-10-11-12-23-50-36-38-51(39-37-50)67-40-52-42-90(82(97)89-79(52)104-67)70-41-68(105-81(96)74(49(8)9)86-78(94)64-35-22-33-62(64)76(92)72(47(4)5)88-84(99)102-44-66-59-30-19-15-26-55(59)56-27-16-20-31-60(56)66)69(103-70)45-100-80(95)73(48(6)7)85-77(93)63-34-21-32-61(63)75(91)71(46(2)3)87-83(98)101-43-65-57-28-17-13-24-53(57)54-25-14-18-29-58(54)65;1-6-7-8-9-20-10-12-21(13-11-20)23-14-22-16-36(32(39)35-29(22)42-23)26-15-24(43-31(38)28(34)19(4)5)25(41-26)17-40-30(37)27(33)18(2)3/h13-20,24-31,36-40,42,46-49,61-66,68-74H,10-12,21-23,32-35,41,43-45H2,1-9H3,(H,85,93)(H,86,94)(H,87,98)(H,88,99);10-14,16,18-19,24-28H,6-9,15,17,33-34H2,1-5H3/t61?,62?,63?,64?,68-,69-,70-,71?,72?,73?,74?;24-,25-,26-,27?,28?/m11/s1. The number of aromatic nitrogens is 4. The van der Waals surface area contributed by atoms with E-state index >= 15 is 0 Å². The predicted octanol–water partition coefficient (Wildman–Crippen LogP) is 17.6. The van der Waals surface area contributed by atoms with E-state index in [-0.39, 0.29) is 91.2 Å². The smallest absolute Gasteiger partial charge is 0.407 e. The molecule has 2 aliphatic heterocycles. The number of fused-ring (bicyclic) bond motifs is 8. The van der Waals surface area contributed by atoms with Crippen LogP contribution >= 0.6 is 0 Å². The normalized spacial score (nSPS) is 20.6. The molecule has 788 valence electrons. The number of aryl methyl sites for hydroxylation is 2. The lowest BCUT2D eigenvalue weighted by atomic mass is 9.84. The number of nitrogens with zero attached hydrogens (tertiary/aromatic N) is 4. The van der Waals surface area contributed by atoms with Gasteiger partial charge in [-0.1, -0.05) is 281 Å². The number of hydrogen-bond donors (Lipinski definition) is 6. The summed E-state index contributed by atoms with van der Waals surface area (Å²) < 4.78 is 62.5. The Morgan fingerprint density at radius 2 is 0.736 bits per heavy atom. The second-order valence-corrected chi connectivity index (χ2v) is 42.3. The van der Waals surface area contributed by atoms with Gasteiger partial charge in [-0.25, -0.2) is 28.8 Å². The van der Waals surface area contributed by atoms with Crippen LogP contribution in [0.2, 0.25) is 0 Å². The van der Waals surface area contributed by atoms with Gasteiger partial charge in [0.05, 0.1) is 22.9 Å². The van der Waals surface area contributed by atoms with Crippen LogP contribution in [0.15, 0.2) is 189 Å². The van der Waals surface area contributed by atoms with E-state index in [2.05, 4.69) is 69.3 Å². The Morgan fingerprint density at radius 1 is 0.392 bits per heavy atom. The third-order valence-electron chi connectivity index (χ3n) is 29.8. The zero-order valence-electron chi connectivity index (χ0n) is 87.1. The number of esters is 4. The summed E-state index contributed by atoms with van der Waals surface area (Å²) in [6, 6.07) is 45.7. The van der Waals surface area contributed by atoms with Crippen molar-refractivity contribution >= 4 is 81.6 Å². The molecule has 16 atom stereocenters. The predicted molar refractivity (Wildman–Crippen MR) is 557 cm³/mol. The molecular formula is C116H142N10O22. The molecule has 0 radical (unpaired) electrons. The van der Waals surface area contributed by atoms with E-state index in [0.717, 1.165) is 94.2 Å². The number of ether oxygens (including phenoxy) is 8. The highest BCUT2D eigenvalue weighted by atomic mass is 16.6. The fraction of sp³-hybridized carbons (Fsp3) is 0.500. The Balaban J connectivity index is 0.000000317. The zero-order chi connectivity index (χ0) is 106. The number of unbranched alkanes of at least 4 members (excludes halogenated alkanes) is 4. The van der Waals surface area contributed by atoms with Gasteiger partial charge in [-0.05, 0) is 155 Å². The van der Waals surface area contributed by atoms with Crippen molar-refractivity contribution in [3.63, 3.8) is 0 Å². The molecule has 4 amide bonds. The van der Waals surface area contributed by atoms with Gasteiger partial charge in [0.25, 0.3) is 0 Å². The molecule has 4 aromatic heterocycles. The molecule has 6 aliphatic rings. The Labute approximate surface area is 863 Å². The van der Waals surface area contributed by atoms with Crippen molar-refractivity contribution in [3.05, 3.63) is 224 Å². The van der Waals surface area contributed by atoms with Crippen LogP contribution in [0.4, 0.5) is 9.59 Å². The highest BCUT2D eigenvalue weighted by Crippen LogP contribution is 2.48. The molecule has 10 unspecified atom stereocenters. The lowest BCUT2D eigenvalue weighted by molar-refractivity contribution is -0.164. The van der Waals surface area contributed by atoms with E-state index in [4.69, 9.17) is 58.2 Å². The number of benzene rings is 6. The van der Waals surface area contributed by atoms with Crippen LogP contribution in [0.3, 0.4) is 0 Å². The van der Waals surface area contributed by atoms with Crippen LogP contribution in [0.25, 0.3) is 67.1 Å². The van der Waals surface area contributed by atoms with E-state index in [9.17, 15) is 57.5 Å². The van der Waals surface area contributed by atoms with Gasteiger partial charge in [0.1, 0.15) is 99.0 Å². The first-order chi connectivity index (χ1) is 71.0. The topological polar surface area (TPSA) is 441 Å². The first-order valence-corrected chi connectivity index (χ1v) is 52.8. The number of hydrogen-bond acceptors (Lipinski definition) is 26. The van der Waals surface area contributed by atoms with Gasteiger partial charge in [0.2, 0.25) is 23.2 Å². The van der Waals surface area contributed by atoms with Crippen LogP contribution in [0, 0.1) is 59.2 Å². The molecule has 0 spiro atoms. The SMILES string of the molecule is CCCCCc1ccc(-c2cc3cn([C@H]4C[C@@H](OC(=O)C(N)C(C)C)[C@@H](COC(=O)C(N)C(C)C)O4)c(=O)nc3o2)cc1.CCCCCc1ccc(-c2cc3cn([C@H]4C[C@@H](OC(=O)C(NC(=O)C5CCCC5C(=O)C(NC(=O)OCC5c6ccccc6-c6ccccc65)C(C)C)C(C)C)[C@@H](COC(=O)C(NC(=O)C5CCCC5C(=O)C(NC(=O)OCC5c6ccccc6-c6ccccc65)C(C)C)C(C)C)O4)c(=O)nc3o2)cc1. The maximum atomic E-state index is 14.8. The number of carbonyl (C=O) groups is 10. The Morgan fingerprint density at radius 3 is 1.10 bits per heavy atom. The minimum Gasteiger partial charge on any atom is -0.462 e. The van der Waals surface area contributed by atoms with Gasteiger partial charge < -0.3 is 79.5 Å². The van der Waals surface area contributed by atoms with E-state index in [1.807, 2.05) is 183 Å². The summed E-state index contributed by atoms with van der Waals surface area (Å²) in [7, 11) is 0. The van der Waals surface area contributed by atoms with Gasteiger partial charge >= 0.3 is 47.4 Å². The van der Waals surface area contributed by atoms with Gasteiger partial charge in [0.15, 0.2) is 11.6 Å². The Hall–Kier alpha value is -13.3. The van der Waals surface area contributed by atoms with E-state index in [1.54, 1.807) is 46.2 Å². The lowest BCUT2D eigenvalue weighted by Gasteiger charge is -2.29. The zero-order valence-corrected chi connectivity index (χ0v) is 87.1. The van der Waals surface area contributed by atoms with Crippen LogP contribution in [-0.2, 0) is 89.1 Å². The minimum atomic E-state index is -1.25. The number of alkyl carbamates (subject to hydrolysis) is 2. The van der Waals surface area contributed by atoms with Gasteiger partial charge in [-0.15, -0.1) is 0 Å². The number of Topliss-reactive ketones (excluding diaryl/α,β-unsaturated/α-hetero) is 2. The number of rotatable bonds is 42. The summed E-state index contributed by atoms with van der Waals surface area (Å²) in [6.07, 6.45) is 7.03. The maximum absolute atomic E-state index is 14.8. The number of ketones is 2. The molecule has 32 nitrogen and oxygen atoms in total. The monoisotopic (exact) mass is 2030 g/mol. The molecule has 4 fully saturated rings. The molecule has 2 saturated carbocycles. The van der Waals surface area contributed by atoms with Gasteiger partial charge in [-0.2, -0.15) is 9.97 Å². The molecule has 4 aliphatic carbocycles. The van der Waals surface area contributed by atoms with Crippen LogP contribution in [0.5, 0.6) is 0 Å². The van der Waals surface area contributed by atoms with Crippen molar-refractivity contribution in [3.8, 4) is 44.9 Å². The highest BCUT2D eigenvalue weighted by molar-refractivity contribution is 5.97. The fourth-order valence-corrected chi connectivity index (χ4v) is 21.0. The van der Waals surface area contributed by atoms with Crippen molar-refractivity contribution in [2.75, 3.05) is 26.4 Å². The molecule has 6 aromatic carbocycles. The molecule has 2 saturated heterocycles. The molecule has 32 heteroatoms. The number of amides is 4. The van der Waals surface area contributed by atoms with E-state index in [0.29, 0.717) is 60.8 Å². The molecule has 8 N–H and O–H groups in total. The fourth-order valence-electron chi connectivity index (χ4n) is 21.0. The average Bonchev–Trinajstić information content (AvgIpc) is 1.62. The molecule has 148 heavy (non-hydrogen) atoms. The van der Waals surface area contributed by atoms with Crippen molar-refractivity contribution in [2.24, 2.45) is 70.6 Å². The molecule has 16 rings (SSSR count). The number of nitrogens with two attached hydrogens (primary N) is 2. The first-order valence-electron chi connectivity index (χ1n) is 52.8. The molecule has 10 aromatic rings. The van der Waals surface area contributed by atoms with E-state index in [1.165, 1.54) is 33.1 Å². The lowest BCUT2D eigenvalue weighted by Crippen LogP contribution is -2.52. The second kappa shape index (κ2) is 49.2. The Kier molecular flexibility index (Phi) is 36.2. The summed E-state index contributed by atoms with van der Waals surface area (Å²) in [6.45, 7) is 25.2. The summed E-state index contributed by atoms with van der Waals surface area (Å²) in [5.74, 6) is -9.21. The number of nitrogens with one attached hydrogen (secondary N) is 4. The van der Waals surface area contributed by atoms with Gasteiger partial charge in [0, 0.05) is 71.9 Å². The quantitative estimate of drug-likeness (QED) is 0.0118. The largest absolute Gasteiger partial charge is 0.462 e. The second-order valence-electron chi connectivity index (χ2n) is 42.3. The van der Waals surface area contributed by atoms with Crippen LogP contribution in [-0.4, -0.2) is 166 Å². The molecular weight excluding hydrogens is 1890 g/mol. The van der Waals surface area contributed by atoms with Crippen molar-refractivity contribution < 1.29 is 94.7 Å². The maximum Gasteiger partial charge on any atom is 0.407 e. The number of furan rings is 2. The number of carbonyl (C=O) groups excluding carboxylic acids is 10. The highest BCUT2D eigenvalue weighted by Gasteiger charge is 2.49. The summed E-state index contributed by atoms with van der Waals surface area (Å²) in [4.78, 5) is 176. The van der Waals surface area contributed by atoms with Crippen LogP contribution < -0.4 is 44.1 Å². The third kappa shape index (κ3) is 25.5. The van der Waals surface area contributed by atoms with Crippen LogP contribution in [0.1, 0.15) is 244 Å². The van der Waals surface area contributed by atoms with Crippen molar-refractivity contribution in [1.29, 1.82) is 0 Å². The molecule has 0 bridgehead atoms. The van der Waals surface area contributed by atoms with Gasteiger partial charge in [-0.3, -0.25) is 37.9 Å². The third-order valence-corrected chi connectivity index (χ3v) is 29.8. The Bertz CT molecular complexity index is 6430. The first kappa shape index (κ1) is 109. The summed E-state index contributed by atoms with van der Waals surface area (Å²) in [5, 5.41) is 12.6. The van der Waals surface area contributed by atoms with Crippen molar-refractivity contribution in [2.45, 2.75) is 285 Å². The molecule has 6 heterocycles. The van der Waals surface area contributed by atoms with Crippen molar-refractivity contribution in [1.82, 2.24) is 40.4 Å². The van der Waals surface area contributed by atoms with E-state index < -0.39 is 174 Å². The minimum absolute atomic E-state index is 0.0492. The summed E-state index contributed by atoms with van der Waals surface area (Å²) >= 11 is 0. The summed E-state index contributed by atoms with van der Waals surface area (Å²) in [5.41, 5.74) is 23.5. The average molecular weight is 2030 g/mol.